The van der Waals surface area contributed by atoms with Crippen molar-refractivity contribution >= 4 is 10.0 Å². The maximum atomic E-state index is 12.9. The number of nitrogens with two attached hydrogens (primary N) is 1. The van der Waals surface area contributed by atoms with Crippen molar-refractivity contribution in [1.29, 1.82) is 0 Å². The minimum atomic E-state index is -3.70. The second-order valence-electron chi connectivity index (χ2n) is 7.86. The topological polar surface area (TPSA) is 81.2 Å². The average molecular weight is 357 g/mol. The van der Waals surface area contributed by atoms with E-state index in [1.54, 1.807) is 12.1 Å². The lowest BCUT2D eigenvalue weighted by atomic mass is 9.80. The third-order valence-corrected chi connectivity index (χ3v) is 5.85. The fraction of sp³-hybridized carbons (Fsp3) is 0.647. The van der Waals surface area contributed by atoms with Crippen LogP contribution in [0.25, 0.3) is 0 Å². The standard InChI is InChI=1S/C17H28N2O4S/c1-16(2)10-12(11-17(3,4)19-16)18-24(20,21)15-9-13(22-5)7-8-14(15)23-6/h7-9,12,18-19H,10-11H2,1-6H3/p+1. The number of piperidine rings is 1. The van der Waals surface area contributed by atoms with Crippen LogP contribution in [0, 0.1) is 0 Å². The van der Waals surface area contributed by atoms with Crippen LogP contribution in [0.15, 0.2) is 23.1 Å². The summed E-state index contributed by atoms with van der Waals surface area (Å²) in [5.41, 5.74) is -0.0409. The molecule has 0 aliphatic carbocycles. The van der Waals surface area contributed by atoms with Crippen molar-refractivity contribution in [1.82, 2.24) is 4.72 Å². The number of benzene rings is 1. The van der Waals surface area contributed by atoms with Crippen LogP contribution in [0.4, 0.5) is 0 Å². The maximum Gasteiger partial charge on any atom is 0.244 e. The molecule has 136 valence electrons. The highest BCUT2D eigenvalue weighted by molar-refractivity contribution is 7.89. The number of ether oxygens (including phenoxy) is 2. The van der Waals surface area contributed by atoms with E-state index in [1.165, 1.54) is 20.3 Å². The molecular weight excluding hydrogens is 328 g/mol. The molecule has 1 aromatic rings. The molecule has 1 saturated heterocycles. The van der Waals surface area contributed by atoms with E-state index in [1.807, 2.05) is 0 Å². The van der Waals surface area contributed by atoms with Gasteiger partial charge in [-0.25, -0.2) is 13.1 Å². The Hall–Kier alpha value is -1.31. The average Bonchev–Trinajstić information content (AvgIpc) is 2.42. The molecule has 0 spiro atoms. The van der Waals surface area contributed by atoms with Crippen molar-refractivity contribution in [3.8, 4) is 11.5 Å². The lowest BCUT2D eigenvalue weighted by Crippen LogP contribution is -3.06. The van der Waals surface area contributed by atoms with Gasteiger partial charge in [0.15, 0.2) is 0 Å². The Morgan fingerprint density at radius 3 is 2.17 bits per heavy atom. The molecule has 0 amide bonds. The summed E-state index contributed by atoms with van der Waals surface area (Å²) >= 11 is 0. The number of sulfonamides is 1. The molecule has 24 heavy (non-hydrogen) atoms. The Kier molecular flexibility index (Phi) is 5.18. The number of nitrogens with one attached hydrogen (secondary N) is 1. The van der Waals surface area contributed by atoms with Gasteiger partial charge in [-0.05, 0) is 39.8 Å². The van der Waals surface area contributed by atoms with Crippen LogP contribution >= 0.6 is 0 Å². The van der Waals surface area contributed by atoms with E-state index in [9.17, 15) is 8.42 Å². The van der Waals surface area contributed by atoms with Crippen LogP contribution in [0.5, 0.6) is 11.5 Å². The molecule has 1 heterocycles. The van der Waals surface area contributed by atoms with Crippen LogP contribution in [-0.2, 0) is 10.0 Å². The molecule has 0 aromatic heterocycles. The van der Waals surface area contributed by atoms with Gasteiger partial charge in [-0.3, -0.25) is 0 Å². The van der Waals surface area contributed by atoms with Crippen LogP contribution in [0.1, 0.15) is 40.5 Å². The van der Waals surface area contributed by atoms with E-state index >= 15 is 0 Å². The number of hydrogen-bond acceptors (Lipinski definition) is 4. The van der Waals surface area contributed by atoms with Crippen molar-refractivity contribution in [2.45, 2.75) is 62.6 Å². The third kappa shape index (κ3) is 4.40. The lowest BCUT2D eigenvalue weighted by Gasteiger charge is -2.43. The SMILES string of the molecule is COc1ccc(OC)c(S(=O)(=O)NC2CC(C)(C)[NH2+]C(C)(C)C2)c1. The number of rotatable bonds is 5. The molecule has 2 rings (SSSR count). The zero-order valence-electron chi connectivity index (χ0n) is 15.3. The van der Waals surface area contributed by atoms with Gasteiger partial charge >= 0.3 is 0 Å². The van der Waals surface area contributed by atoms with Crippen molar-refractivity contribution in [2.75, 3.05) is 14.2 Å². The lowest BCUT2D eigenvalue weighted by molar-refractivity contribution is -0.787. The van der Waals surface area contributed by atoms with E-state index in [4.69, 9.17) is 9.47 Å². The highest BCUT2D eigenvalue weighted by atomic mass is 32.2. The number of methoxy groups -OCH3 is 2. The van der Waals surface area contributed by atoms with E-state index in [0.29, 0.717) is 11.5 Å². The smallest absolute Gasteiger partial charge is 0.244 e. The zero-order chi connectivity index (χ0) is 18.2. The normalized spacial score (nSPS) is 20.6. The third-order valence-electron chi connectivity index (χ3n) is 4.31. The molecule has 6 nitrogen and oxygen atoms in total. The van der Waals surface area contributed by atoms with Crippen molar-refractivity contribution in [3.05, 3.63) is 18.2 Å². The minimum Gasteiger partial charge on any atom is -0.497 e. The molecule has 1 aromatic carbocycles. The van der Waals surface area contributed by atoms with Crippen LogP contribution in [0.2, 0.25) is 0 Å². The molecule has 0 bridgehead atoms. The molecule has 0 unspecified atom stereocenters. The first kappa shape index (κ1) is 19.0. The summed E-state index contributed by atoms with van der Waals surface area (Å²) < 4.78 is 39.1. The summed E-state index contributed by atoms with van der Waals surface area (Å²) in [6.45, 7) is 8.56. The van der Waals surface area contributed by atoms with Crippen LogP contribution < -0.4 is 19.5 Å². The van der Waals surface area contributed by atoms with Gasteiger partial charge in [0.2, 0.25) is 10.0 Å². The summed E-state index contributed by atoms with van der Waals surface area (Å²) in [5, 5.41) is 2.32. The highest BCUT2D eigenvalue weighted by Gasteiger charge is 2.43. The van der Waals surface area contributed by atoms with Crippen molar-refractivity contribution < 1.29 is 23.2 Å². The summed E-state index contributed by atoms with van der Waals surface area (Å²) in [6, 6.07) is 4.66. The van der Waals surface area contributed by atoms with E-state index in [-0.39, 0.29) is 22.0 Å². The van der Waals surface area contributed by atoms with Gasteiger partial charge in [-0.1, -0.05) is 0 Å². The molecule has 0 atom stereocenters. The molecule has 0 saturated carbocycles. The Labute approximate surface area is 145 Å². The van der Waals surface area contributed by atoms with E-state index < -0.39 is 10.0 Å². The molecule has 1 fully saturated rings. The molecule has 7 heteroatoms. The monoisotopic (exact) mass is 357 g/mol. The fourth-order valence-electron chi connectivity index (χ4n) is 3.88. The summed E-state index contributed by atoms with van der Waals surface area (Å²) in [6.07, 6.45) is 1.53. The second kappa shape index (κ2) is 6.54. The Morgan fingerprint density at radius 2 is 1.67 bits per heavy atom. The van der Waals surface area contributed by atoms with Gasteiger partial charge in [0.1, 0.15) is 16.4 Å². The van der Waals surface area contributed by atoms with Gasteiger partial charge in [0.25, 0.3) is 0 Å². The van der Waals surface area contributed by atoms with E-state index in [0.717, 1.165) is 12.8 Å². The van der Waals surface area contributed by atoms with Crippen LogP contribution in [0.3, 0.4) is 0 Å². The Bertz CT molecular complexity index is 683. The minimum absolute atomic E-state index is 0.0204. The summed E-state index contributed by atoms with van der Waals surface area (Å²) in [4.78, 5) is 0.106. The van der Waals surface area contributed by atoms with Gasteiger partial charge in [-0.2, -0.15) is 0 Å². The number of hydrogen-bond donors (Lipinski definition) is 2. The Morgan fingerprint density at radius 1 is 1.08 bits per heavy atom. The maximum absolute atomic E-state index is 12.9. The fourth-order valence-corrected chi connectivity index (χ4v) is 5.30. The number of quaternary nitrogens is 1. The van der Waals surface area contributed by atoms with E-state index in [2.05, 4.69) is 37.7 Å². The quantitative estimate of drug-likeness (QED) is 0.831. The first-order chi connectivity index (χ1) is 11.0. The van der Waals surface area contributed by atoms with Gasteiger partial charge in [0, 0.05) is 24.9 Å². The second-order valence-corrected chi connectivity index (χ2v) is 9.55. The van der Waals surface area contributed by atoms with Gasteiger partial charge in [-0.15, -0.1) is 0 Å². The molecular formula is C17H29N2O4S+. The zero-order valence-corrected chi connectivity index (χ0v) is 16.2. The van der Waals surface area contributed by atoms with Crippen molar-refractivity contribution in [3.63, 3.8) is 0 Å². The molecule has 3 N–H and O–H groups in total. The largest absolute Gasteiger partial charge is 0.497 e. The predicted molar refractivity (Wildman–Crippen MR) is 93.0 cm³/mol. The molecule has 1 aliphatic rings. The van der Waals surface area contributed by atoms with Crippen LogP contribution in [-0.4, -0.2) is 39.8 Å². The van der Waals surface area contributed by atoms with Crippen molar-refractivity contribution in [2.24, 2.45) is 0 Å². The molecule has 0 radical (unpaired) electrons. The predicted octanol–water partition coefficient (Wildman–Crippen LogP) is 1.27. The first-order valence-corrected chi connectivity index (χ1v) is 9.58. The summed E-state index contributed by atoms with van der Waals surface area (Å²) in [5.74, 6) is 0.790. The first-order valence-electron chi connectivity index (χ1n) is 8.09. The summed E-state index contributed by atoms with van der Waals surface area (Å²) in [7, 11) is -0.736. The highest BCUT2D eigenvalue weighted by Crippen LogP contribution is 2.30. The van der Waals surface area contributed by atoms with Gasteiger partial charge < -0.3 is 14.8 Å². The Balaban J connectivity index is 2.31. The molecule has 1 aliphatic heterocycles. The van der Waals surface area contributed by atoms with Gasteiger partial charge in [0.05, 0.1) is 25.3 Å².